The number of sulfonamides is 1. The van der Waals surface area contributed by atoms with Crippen molar-refractivity contribution in [2.75, 3.05) is 26.5 Å². The van der Waals surface area contributed by atoms with Crippen molar-refractivity contribution in [3.05, 3.63) is 23.8 Å². The van der Waals surface area contributed by atoms with Gasteiger partial charge in [-0.25, -0.2) is 18.1 Å². The summed E-state index contributed by atoms with van der Waals surface area (Å²) in [6.45, 7) is 3.23. The van der Waals surface area contributed by atoms with Gasteiger partial charge in [0.25, 0.3) is 0 Å². The maximum absolute atomic E-state index is 12.6. The molecule has 1 aromatic carbocycles. The molecular formula is C17H29F2IN4O4S. The van der Waals surface area contributed by atoms with E-state index in [4.69, 9.17) is 4.74 Å². The van der Waals surface area contributed by atoms with Gasteiger partial charge in [-0.15, -0.1) is 24.0 Å². The molecule has 0 unspecified atom stereocenters. The molecule has 12 heteroatoms. The Balaban J connectivity index is 0.00000784. The third-order valence-corrected chi connectivity index (χ3v) is 4.32. The van der Waals surface area contributed by atoms with E-state index in [1.807, 2.05) is 6.92 Å². The normalized spacial score (nSPS) is 12.3. The molecule has 3 N–H and O–H groups in total. The van der Waals surface area contributed by atoms with Crippen LogP contribution in [-0.2, 0) is 16.6 Å². The minimum atomic E-state index is -3.37. The Morgan fingerprint density at radius 2 is 1.93 bits per heavy atom. The summed E-state index contributed by atoms with van der Waals surface area (Å²) >= 11 is 0. The van der Waals surface area contributed by atoms with E-state index >= 15 is 0 Å². The molecule has 0 aromatic heterocycles. The first-order valence-corrected chi connectivity index (χ1v) is 10.5. The fourth-order valence-corrected chi connectivity index (χ4v) is 3.44. The molecule has 0 saturated carbocycles. The number of aliphatic imine (C=N–C) groups is 1. The number of hydrogen-bond acceptors (Lipinski definition) is 5. The number of guanidine groups is 1. The maximum Gasteiger partial charge on any atom is 0.387 e. The minimum Gasteiger partial charge on any atom is -0.497 e. The average Bonchev–Trinajstić information content (AvgIpc) is 2.55. The molecule has 0 amide bonds. The van der Waals surface area contributed by atoms with Crippen LogP contribution >= 0.6 is 24.0 Å². The van der Waals surface area contributed by atoms with Crippen LogP contribution in [0.5, 0.6) is 11.5 Å². The van der Waals surface area contributed by atoms with Crippen LogP contribution in [0.15, 0.2) is 23.2 Å². The second-order valence-electron chi connectivity index (χ2n) is 6.66. The number of alkyl halides is 2. The Morgan fingerprint density at radius 3 is 2.45 bits per heavy atom. The van der Waals surface area contributed by atoms with Crippen LogP contribution in [0.3, 0.4) is 0 Å². The number of benzene rings is 1. The number of hydrogen-bond donors (Lipinski definition) is 3. The second kappa shape index (κ2) is 12.3. The molecule has 168 valence electrons. The van der Waals surface area contributed by atoms with Crippen molar-refractivity contribution in [2.45, 2.75) is 39.5 Å². The average molecular weight is 550 g/mol. The van der Waals surface area contributed by atoms with E-state index in [-0.39, 0.29) is 42.8 Å². The zero-order chi connectivity index (χ0) is 21.4. The van der Waals surface area contributed by atoms with Crippen LogP contribution in [0.4, 0.5) is 8.78 Å². The van der Waals surface area contributed by atoms with Gasteiger partial charge >= 0.3 is 6.61 Å². The van der Waals surface area contributed by atoms with Gasteiger partial charge in [-0.1, -0.05) is 0 Å². The van der Waals surface area contributed by atoms with Gasteiger partial charge < -0.3 is 20.1 Å². The van der Waals surface area contributed by atoms with E-state index < -0.39 is 22.2 Å². The molecule has 0 aliphatic heterocycles. The van der Waals surface area contributed by atoms with Crippen LogP contribution < -0.4 is 24.8 Å². The molecule has 29 heavy (non-hydrogen) atoms. The summed E-state index contributed by atoms with van der Waals surface area (Å²) in [5, 5.41) is 6.05. The van der Waals surface area contributed by atoms with E-state index in [0.717, 1.165) is 6.26 Å². The molecule has 0 fully saturated rings. The smallest absolute Gasteiger partial charge is 0.387 e. The first-order chi connectivity index (χ1) is 13.0. The number of methoxy groups -OCH3 is 1. The highest BCUT2D eigenvalue weighted by atomic mass is 127. The van der Waals surface area contributed by atoms with Crippen molar-refractivity contribution in [1.82, 2.24) is 15.4 Å². The van der Waals surface area contributed by atoms with Crippen molar-refractivity contribution in [2.24, 2.45) is 4.99 Å². The Kier molecular flexibility index (Phi) is 11.7. The van der Waals surface area contributed by atoms with E-state index in [1.54, 1.807) is 19.9 Å². The summed E-state index contributed by atoms with van der Waals surface area (Å²) in [6, 6.07) is 4.49. The summed E-state index contributed by atoms with van der Waals surface area (Å²) in [7, 11) is -1.90. The summed E-state index contributed by atoms with van der Waals surface area (Å²) in [5.41, 5.74) is -0.339. The minimum absolute atomic E-state index is 0. The number of rotatable bonds is 10. The fourth-order valence-electron chi connectivity index (χ4n) is 2.37. The predicted octanol–water partition coefficient (Wildman–Crippen LogP) is 2.30. The lowest BCUT2D eigenvalue weighted by Gasteiger charge is -2.26. The molecule has 0 heterocycles. The zero-order valence-corrected chi connectivity index (χ0v) is 20.2. The zero-order valence-electron chi connectivity index (χ0n) is 17.1. The predicted molar refractivity (Wildman–Crippen MR) is 120 cm³/mol. The van der Waals surface area contributed by atoms with Gasteiger partial charge in [0.1, 0.15) is 11.5 Å². The van der Waals surface area contributed by atoms with E-state index in [9.17, 15) is 17.2 Å². The van der Waals surface area contributed by atoms with Crippen molar-refractivity contribution in [3.8, 4) is 11.5 Å². The Bertz CT molecular complexity index is 777. The first-order valence-electron chi connectivity index (χ1n) is 8.58. The lowest BCUT2D eigenvalue weighted by atomic mass is 10.1. The molecule has 0 aliphatic rings. The summed E-state index contributed by atoms with van der Waals surface area (Å²) in [6.07, 6.45) is 1.08. The van der Waals surface area contributed by atoms with Gasteiger partial charge in [-0.2, -0.15) is 8.78 Å². The highest BCUT2D eigenvalue weighted by molar-refractivity contribution is 14.0. The monoisotopic (exact) mass is 550 g/mol. The Hall–Kier alpha value is -1.41. The van der Waals surface area contributed by atoms with Crippen molar-refractivity contribution in [3.63, 3.8) is 0 Å². The van der Waals surface area contributed by atoms with Gasteiger partial charge in [0.15, 0.2) is 5.96 Å². The van der Waals surface area contributed by atoms with Crippen LogP contribution in [0.2, 0.25) is 0 Å². The third kappa shape index (κ3) is 11.4. The quantitative estimate of drug-likeness (QED) is 0.235. The van der Waals surface area contributed by atoms with E-state index in [1.165, 1.54) is 19.2 Å². The number of ether oxygens (including phenoxy) is 2. The Labute approximate surface area is 187 Å². The Morgan fingerprint density at radius 1 is 1.28 bits per heavy atom. The molecule has 0 aliphatic carbocycles. The van der Waals surface area contributed by atoms with Crippen LogP contribution in [0.1, 0.15) is 26.3 Å². The lowest BCUT2D eigenvalue weighted by Crippen LogP contribution is -2.53. The maximum atomic E-state index is 12.6. The molecule has 1 aromatic rings. The topological polar surface area (TPSA) is 101 Å². The van der Waals surface area contributed by atoms with Crippen LogP contribution in [0, 0.1) is 0 Å². The summed E-state index contributed by atoms with van der Waals surface area (Å²) in [4.78, 5) is 4.36. The molecule has 0 radical (unpaired) electrons. The number of halogens is 3. The van der Waals surface area contributed by atoms with Gasteiger partial charge in [-0.3, -0.25) is 0 Å². The highest BCUT2D eigenvalue weighted by Crippen LogP contribution is 2.26. The molecule has 1 rings (SSSR count). The van der Waals surface area contributed by atoms with Gasteiger partial charge in [0.2, 0.25) is 10.0 Å². The van der Waals surface area contributed by atoms with Gasteiger partial charge in [0, 0.05) is 24.2 Å². The standard InChI is InChI=1S/C17H28F2N4O4S.HI/c1-6-20-16(22-11-17(2,3)23-28(5,24)25)21-10-12-9-13(26-4)7-8-14(12)27-15(18)19;/h7-9,15,23H,6,10-11H2,1-5H3,(H2,20,21,22);1H. The highest BCUT2D eigenvalue weighted by Gasteiger charge is 2.22. The van der Waals surface area contributed by atoms with Crippen LogP contribution in [0.25, 0.3) is 0 Å². The molecule has 0 atom stereocenters. The van der Waals surface area contributed by atoms with Crippen molar-refractivity contribution in [1.29, 1.82) is 0 Å². The summed E-state index contributed by atoms with van der Waals surface area (Å²) in [5.74, 6) is 0.898. The molecule has 8 nitrogen and oxygen atoms in total. The number of nitrogens with one attached hydrogen (secondary N) is 3. The van der Waals surface area contributed by atoms with Gasteiger partial charge in [-0.05, 0) is 39.0 Å². The molecular weight excluding hydrogens is 521 g/mol. The fraction of sp³-hybridized carbons (Fsp3) is 0.588. The van der Waals surface area contributed by atoms with Crippen LogP contribution in [-0.4, -0.2) is 53.0 Å². The summed E-state index contributed by atoms with van der Waals surface area (Å²) < 4.78 is 60.3. The molecule has 0 spiro atoms. The van der Waals surface area contributed by atoms with Crippen molar-refractivity contribution < 1.29 is 26.7 Å². The van der Waals surface area contributed by atoms with E-state index in [0.29, 0.717) is 23.8 Å². The molecule has 0 saturated heterocycles. The van der Waals surface area contributed by atoms with Gasteiger partial charge in [0.05, 0.1) is 19.9 Å². The largest absolute Gasteiger partial charge is 0.497 e. The third-order valence-electron chi connectivity index (χ3n) is 3.39. The van der Waals surface area contributed by atoms with E-state index in [2.05, 4.69) is 25.1 Å². The van der Waals surface area contributed by atoms with Crippen molar-refractivity contribution >= 4 is 40.0 Å². The lowest BCUT2D eigenvalue weighted by molar-refractivity contribution is -0.0504. The molecule has 0 bridgehead atoms. The first kappa shape index (κ1) is 27.6. The number of nitrogens with zero attached hydrogens (tertiary/aromatic N) is 1. The SMILES string of the molecule is CCNC(=NCc1cc(OC)ccc1OC(F)F)NCC(C)(C)NS(C)(=O)=O.I. The second-order valence-corrected chi connectivity index (χ2v) is 8.41.